The first kappa shape index (κ1) is 12.3. The van der Waals surface area contributed by atoms with Gasteiger partial charge in [0, 0.05) is 25.2 Å². The van der Waals surface area contributed by atoms with Gasteiger partial charge in [0.25, 0.3) is 0 Å². The summed E-state index contributed by atoms with van der Waals surface area (Å²) >= 11 is 0. The minimum absolute atomic E-state index is 0.447. The molecule has 0 radical (unpaired) electrons. The average molecular weight is 254 g/mol. The lowest BCUT2D eigenvalue weighted by Crippen LogP contribution is -2.39. The molecule has 0 saturated carbocycles. The highest BCUT2D eigenvalue weighted by Crippen LogP contribution is 2.39. The van der Waals surface area contributed by atoms with E-state index >= 15 is 0 Å². The summed E-state index contributed by atoms with van der Waals surface area (Å²) in [5.74, 6) is 0.941. The molecule has 0 spiro atoms. The van der Waals surface area contributed by atoms with E-state index in [1.807, 2.05) is 6.07 Å². The molecule has 2 heterocycles. The molecule has 19 heavy (non-hydrogen) atoms. The third kappa shape index (κ3) is 2.24. The number of benzene rings is 1. The van der Waals surface area contributed by atoms with Crippen LogP contribution in [0, 0.1) is 11.3 Å². The highest BCUT2D eigenvalue weighted by atomic mass is 16.5. The van der Waals surface area contributed by atoms with Crippen LogP contribution >= 0.6 is 0 Å². The summed E-state index contributed by atoms with van der Waals surface area (Å²) < 4.78 is 5.31. The maximum atomic E-state index is 8.82. The lowest BCUT2D eigenvalue weighted by Gasteiger charge is -2.41. The minimum Gasteiger partial charge on any atom is -0.497 e. The predicted octanol–water partition coefficient (Wildman–Crippen LogP) is 2.84. The fourth-order valence-electron chi connectivity index (χ4n) is 3.23. The molecule has 0 amide bonds. The Kier molecular flexibility index (Phi) is 3.27. The summed E-state index contributed by atoms with van der Waals surface area (Å²) in [5.41, 5.74) is 4.10. The number of hydrogen-bond donors (Lipinski definition) is 0. The van der Waals surface area contributed by atoms with Gasteiger partial charge >= 0.3 is 0 Å². The highest BCUT2D eigenvalue weighted by molar-refractivity contribution is 5.40. The average Bonchev–Trinajstić information content (AvgIpc) is 2.46. The SMILES string of the molecule is COc1ccc2c(c1)CCN1CC/C(=C\C#N)C[C@@H]21. The summed E-state index contributed by atoms with van der Waals surface area (Å²) in [5, 5.41) is 8.82. The molecule has 1 saturated heterocycles. The van der Waals surface area contributed by atoms with Crippen molar-refractivity contribution in [2.24, 2.45) is 0 Å². The topological polar surface area (TPSA) is 36.3 Å². The quantitative estimate of drug-likeness (QED) is 0.723. The van der Waals surface area contributed by atoms with E-state index < -0.39 is 0 Å². The lowest BCUT2D eigenvalue weighted by atomic mass is 9.85. The van der Waals surface area contributed by atoms with Crippen LogP contribution in [0.2, 0.25) is 0 Å². The number of ether oxygens (including phenoxy) is 1. The van der Waals surface area contributed by atoms with Gasteiger partial charge in [0.05, 0.1) is 13.2 Å². The summed E-state index contributed by atoms with van der Waals surface area (Å²) in [4.78, 5) is 2.55. The Labute approximate surface area is 114 Å². The second kappa shape index (κ2) is 5.07. The largest absolute Gasteiger partial charge is 0.497 e. The second-order valence-corrected chi connectivity index (χ2v) is 5.25. The van der Waals surface area contributed by atoms with Crippen LogP contribution in [0.15, 0.2) is 29.8 Å². The van der Waals surface area contributed by atoms with Gasteiger partial charge in [0.1, 0.15) is 5.75 Å². The van der Waals surface area contributed by atoms with Crippen molar-refractivity contribution in [2.75, 3.05) is 20.2 Å². The normalized spacial score (nSPS) is 24.4. The number of methoxy groups -OCH3 is 1. The predicted molar refractivity (Wildman–Crippen MR) is 73.9 cm³/mol. The number of nitrogens with zero attached hydrogens (tertiary/aromatic N) is 2. The first-order chi connectivity index (χ1) is 9.31. The van der Waals surface area contributed by atoms with Crippen molar-refractivity contribution in [2.45, 2.75) is 25.3 Å². The molecule has 1 aromatic carbocycles. The Morgan fingerprint density at radius 1 is 1.37 bits per heavy atom. The molecule has 3 nitrogen and oxygen atoms in total. The number of piperidine rings is 1. The first-order valence-corrected chi connectivity index (χ1v) is 6.80. The Balaban J connectivity index is 1.93. The van der Waals surface area contributed by atoms with Crippen molar-refractivity contribution in [1.82, 2.24) is 4.90 Å². The molecule has 1 atom stereocenters. The molecular formula is C16H18N2O. The van der Waals surface area contributed by atoms with Gasteiger partial charge in [0.2, 0.25) is 0 Å². The summed E-state index contributed by atoms with van der Waals surface area (Å²) in [6.45, 7) is 2.19. The molecule has 0 bridgehead atoms. The molecule has 1 fully saturated rings. The van der Waals surface area contributed by atoms with Crippen LogP contribution in [0.3, 0.4) is 0 Å². The van der Waals surface area contributed by atoms with Crippen molar-refractivity contribution in [3.05, 3.63) is 41.0 Å². The van der Waals surface area contributed by atoms with Crippen molar-refractivity contribution < 1.29 is 4.74 Å². The summed E-state index contributed by atoms with van der Waals surface area (Å²) in [7, 11) is 1.71. The van der Waals surface area contributed by atoms with E-state index in [2.05, 4.69) is 23.1 Å². The molecule has 0 unspecified atom stereocenters. The van der Waals surface area contributed by atoms with Crippen molar-refractivity contribution >= 4 is 0 Å². The van der Waals surface area contributed by atoms with E-state index in [4.69, 9.17) is 10.00 Å². The maximum Gasteiger partial charge on any atom is 0.119 e. The molecule has 2 aliphatic rings. The van der Waals surface area contributed by atoms with E-state index in [9.17, 15) is 0 Å². The Hall–Kier alpha value is -1.79. The minimum atomic E-state index is 0.447. The van der Waals surface area contributed by atoms with Gasteiger partial charge in [-0.15, -0.1) is 0 Å². The molecule has 0 aliphatic carbocycles. The number of nitriles is 1. The monoisotopic (exact) mass is 254 g/mol. The van der Waals surface area contributed by atoms with E-state index in [1.165, 1.54) is 16.7 Å². The van der Waals surface area contributed by atoms with Gasteiger partial charge in [0.15, 0.2) is 0 Å². The zero-order valence-electron chi connectivity index (χ0n) is 11.2. The van der Waals surface area contributed by atoms with Crippen molar-refractivity contribution in [1.29, 1.82) is 5.26 Å². The van der Waals surface area contributed by atoms with Gasteiger partial charge in [-0.25, -0.2) is 0 Å². The van der Waals surface area contributed by atoms with Crippen LogP contribution in [0.25, 0.3) is 0 Å². The van der Waals surface area contributed by atoms with Crippen LogP contribution in [0.5, 0.6) is 5.75 Å². The first-order valence-electron chi connectivity index (χ1n) is 6.80. The van der Waals surface area contributed by atoms with Gasteiger partial charge in [-0.2, -0.15) is 5.26 Å². The lowest BCUT2D eigenvalue weighted by molar-refractivity contribution is 0.163. The van der Waals surface area contributed by atoms with Gasteiger partial charge in [-0.05, 0) is 42.5 Å². The van der Waals surface area contributed by atoms with Crippen LogP contribution < -0.4 is 4.74 Å². The van der Waals surface area contributed by atoms with Crippen LogP contribution in [-0.2, 0) is 6.42 Å². The molecule has 3 rings (SSSR count). The molecule has 0 aromatic heterocycles. The van der Waals surface area contributed by atoms with Gasteiger partial charge < -0.3 is 4.74 Å². The summed E-state index contributed by atoms with van der Waals surface area (Å²) in [6.07, 6.45) is 4.86. The summed E-state index contributed by atoms with van der Waals surface area (Å²) in [6, 6.07) is 9.02. The smallest absolute Gasteiger partial charge is 0.119 e. The molecule has 2 aliphatic heterocycles. The molecule has 1 aromatic rings. The molecule has 98 valence electrons. The van der Waals surface area contributed by atoms with E-state index in [1.54, 1.807) is 13.2 Å². The highest BCUT2D eigenvalue weighted by Gasteiger charge is 2.31. The van der Waals surface area contributed by atoms with E-state index in [-0.39, 0.29) is 0 Å². The standard InChI is InChI=1S/C16H18N2O/c1-19-14-2-3-15-13(11-14)6-9-18-8-5-12(4-7-17)10-16(15)18/h2-4,11,16H,5-6,8-10H2,1H3/b12-4+/t16-/m0/s1. The van der Waals surface area contributed by atoms with Crippen molar-refractivity contribution in [3.8, 4) is 11.8 Å². The molecule has 3 heteroatoms. The van der Waals surface area contributed by atoms with E-state index in [0.717, 1.165) is 38.1 Å². The number of fused-ring (bicyclic) bond motifs is 3. The zero-order valence-corrected chi connectivity index (χ0v) is 11.2. The van der Waals surface area contributed by atoms with Gasteiger partial charge in [-0.3, -0.25) is 4.90 Å². The van der Waals surface area contributed by atoms with Crippen molar-refractivity contribution in [3.63, 3.8) is 0 Å². The Bertz CT molecular complexity index is 556. The molecule has 0 N–H and O–H groups in total. The maximum absolute atomic E-state index is 8.82. The van der Waals surface area contributed by atoms with Gasteiger partial charge in [-0.1, -0.05) is 11.6 Å². The Morgan fingerprint density at radius 3 is 3.00 bits per heavy atom. The number of hydrogen-bond acceptors (Lipinski definition) is 3. The van der Waals surface area contributed by atoms with E-state index in [0.29, 0.717) is 6.04 Å². The third-order valence-corrected chi connectivity index (χ3v) is 4.26. The fraction of sp³-hybridized carbons (Fsp3) is 0.438. The van der Waals surface area contributed by atoms with Crippen LogP contribution in [0.1, 0.15) is 30.0 Å². The second-order valence-electron chi connectivity index (χ2n) is 5.25. The fourth-order valence-corrected chi connectivity index (χ4v) is 3.23. The van der Waals surface area contributed by atoms with Crippen LogP contribution in [-0.4, -0.2) is 25.1 Å². The number of rotatable bonds is 1. The number of allylic oxidation sites excluding steroid dienone is 1. The Morgan fingerprint density at radius 2 is 2.21 bits per heavy atom. The molecular weight excluding hydrogens is 236 g/mol. The van der Waals surface area contributed by atoms with Crippen LogP contribution in [0.4, 0.5) is 0 Å². The zero-order chi connectivity index (χ0) is 13.2. The third-order valence-electron chi connectivity index (χ3n) is 4.26.